The van der Waals surface area contributed by atoms with Crippen LogP contribution >= 0.6 is 35.4 Å². The lowest BCUT2D eigenvalue weighted by Crippen LogP contribution is -2.34. The summed E-state index contributed by atoms with van der Waals surface area (Å²) in [5.74, 6) is -0.354. The van der Waals surface area contributed by atoms with Crippen LogP contribution in [0.15, 0.2) is 72.8 Å². The summed E-state index contributed by atoms with van der Waals surface area (Å²) < 4.78 is 0. The Balaban J connectivity index is 1.37. The number of hydrogen-bond donors (Lipinski definition) is 2. The zero-order valence-corrected chi connectivity index (χ0v) is 20.2. The second kappa shape index (κ2) is 9.02. The lowest BCUT2D eigenvalue weighted by molar-refractivity contribution is 0.0979. The zero-order valence-electron chi connectivity index (χ0n) is 17.8. The Hall–Kier alpha value is -3.52. The molecule has 0 saturated carbocycles. The van der Waals surface area contributed by atoms with E-state index in [4.69, 9.17) is 35.4 Å². The van der Waals surface area contributed by atoms with Crippen molar-refractivity contribution >= 4 is 73.9 Å². The Morgan fingerprint density at radius 3 is 2.32 bits per heavy atom. The van der Waals surface area contributed by atoms with Gasteiger partial charge in [0.05, 0.1) is 16.4 Å². The number of hydrogen-bond acceptors (Lipinski definition) is 4. The molecule has 5 rings (SSSR count). The maximum absolute atomic E-state index is 12.9. The third-order valence-corrected chi connectivity index (χ3v) is 6.17. The molecule has 168 valence electrons. The number of carbonyl (C=O) groups excluding carboxylic acids is 1. The second-order valence-corrected chi connectivity index (χ2v) is 8.92. The van der Waals surface area contributed by atoms with E-state index >= 15 is 0 Å². The first-order chi connectivity index (χ1) is 16.4. The minimum atomic E-state index is -0.354. The molecule has 5 aromatic rings. The number of aryl methyl sites for hydroxylation is 1. The van der Waals surface area contributed by atoms with Gasteiger partial charge in [-0.05, 0) is 60.9 Å². The van der Waals surface area contributed by atoms with E-state index in [0.717, 1.165) is 22.0 Å². The van der Waals surface area contributed by atoms with Gasteiger partial charge in [-0.15, -0.1) is 10.2 Å². The van der Waals surface area contributed by atoms with Gasteiger partial charge in [-0.2, -0.15) is 4.80 Å². The summed E-state index contributed by atoms with van der Waals surface area (Å²) in [5.41, 5.74) is 4.23. The van der Waals surface area contributed by atoms with Crippen LogP contribution in [0, 0.1) is 6.92 Å². The number of aromatic nitrogens is 3. The van der Waals surface area contributed by atoms with Crippen LogP contribution in [0.3, 0.4) is 0 Å². The van der Waals surface area contributed by atoms with Gasteiger partial charge in [0.25, 0.3) is 5.91 Å². The molecule has 0 aliphatic heterocycles. The number of fused-ring (bicyclic) bond motifs is 2. The van der Waals surface area contributed by atoms with Crippen molar-refractivity contribution in [2.45, 2.75) is 6.92 Å². The molecule has 6 nitrogen and oxygen atoms in total. The first-order valence-electron chi connectivity index (χ1n) is 10.3. The lowest BCUT2D eigenvalue weighted by Gasteiger charge is -2.12. The van der Waals surface area contributed by atoms with Crippen LogP contribution in [0.2, 0.25) is 10.0 Å². The molecule has 2 N–H and O–H groups in total. The Labute approximate surface area is 210 Å². The average molecular weight is 506 g/mol. The maximum Gasteiger partial charge on any atom is 0.258 e. The highest BCUT2D eigenvalue weighted by Crippen LogP contribution is 2.28. The standard InChI is InChI=1S/C25H17Cl2N5OS/c1-14-8-10-15(11-9-14)32-30-22-12-20(27)21(13-23(22)31-32)28-25(34)29-24(33)18-6-2-5-17-16(18)4-3-7-19(17)26/h2-13H,1H3,(H2,28,29,33,34). The van der Waals surface area contributed by atoms with Gasteiger partial charge < -0.3 is 5.32 Å². The van der Waals surface area contributed by atoms with Crippen LogP contribution < -0.4 is 10.6 Å². The number of rotatable bonds is 3. The van der Waals surface area contributed by atoms with E-state index < -0.39 is 0 Å². The van der Waals surface area contributed by atoms with E-state index in [1.807, 2.05) is 43.3 Å². The highest BCUT2D eigenvalue weighted by molar-refractivity contribution is 7.80. The monoisotopic (exact) mass is 505 g/mol. The van der Waals surface area contributed by atoms with Crippen molar-refractivity contribution in [3.8, 4) is 5.69 Å². The predicted octanol–water partition coefficient (Wildman–Crippen LogP) is 6.32. The molecule has 34 heavy (non-hydrogen) atoms. The Kier molecular flexibility index (Phi) is 5.91. The third kappa shape index (κ3) is 4.33. The van der Waals surface area contributed by atoms with Crippen molar-refractivity contribution in [3.05, 3.63) is 94.0 Å². The number of amides is 1. The summed E-state index contributed by atoms with van der Waals surface area (Å²) in [7, 11) is 0. The van der Waals surface area contributed by atoms with Gasteiger partial charge in [-0.3, -0.25) is 10.1 Å². The van der Waals surface area contributed by atoms with E-state index in [9.17, 15) is 4.79 Å². The maximum atomic E-state index is 12.9. The van der Waals surface area contributed by atoms with Crippen molar-refractivity contribution in [1.29, 1.82) is 0 Å². The number of nitrogens with zero attached hydrogens (tertiary/aromatic N) is 3. The van der Waals surface area contributed by atoms with E-state index in [-0.39, 0.29) is 11.0 Å². The van der Waals surface area contributed by atoms with Crippen molar-refractivity contribution in [2.24, 2.45) is 0 Å². The molecule has 9 heteroatoms. The van der Waals surface area contributed by atoms with Crippen molar-refractivity contribution in [1.82, 2.24) is 20.3 Å². The van der Waals surface area contributed by atoms with Gasteiger partial charge in [0.2, 0.25) is 0 Å². The van der Waals surface area contributed by atoms with Crippen molar-refractivity contribution < 1.29 is 4.79 Å². The molecule has 0 atom stereocenters. The van der Waals surface area contributed by atoms with E-state index in [2.05, 4.69) is 20.8 Å². The molecule has 0 aliphatic rings. The highest BCUT2D eigenvalue weighted by Gasteiger charge is 2.15. The predicted molar refractivity (Wildman–Crippen MR) is 141 cm³/mol. The zero-order chi connectivity index (χ0) is 23.8. The van der Waals surface area contributed by atoms with Crippen LogP contribution in [0.4, 0.5) is 5.69 Å². The highest BCUT2D eigenvalue weighted by atomic mass is 35.5. The number of benzene rings is 4. The second-order valence-electron chi connectivity index (χ2n) is 7.69. The smallest absolute Gasteiger partial charge is 0.258 e. The van der Waals surface area contributed by atoms with Crippen LogP contribution in [0.5, 0.6) is 0 Å². The number of thiocarbonyl (C=S) groups is 1. The first kappa shape index (κ1) is 22.3. The SMILES string of the molecule is Cc1ccc(-n2nc3cc(Cl)c(NC(=S)NC(=O)c4cccc5c(Cl)cccc45)cc3n2)cc1. The van der Waals surface area contributed by atoms with Crippen LogP contribution in [0.25, 0.3) is 27.5 Å². The van der Waals surface area contributed by atoms with E-state index in [0.29, 0.717) is 32.3 Å². The summed E-state index contributed by atoms with van der Waals surface area (Å²) in [4.78, 5) is 14.5. The van der Waals surface area contributed by atoms with E-state index in [1.165, 1.54) is 0 Å². The number of nitrogens with one attached hydrogen (secondary N) is 2. The van der Waals surface area contributed by atoms with Crippen molar-refractivity contribution in [3.63, 3.8) is 0 Å². The fourth-order valence-electron chi connectivity index (χ4n) is 3.62. The lowest BCUT2D eigenvalue weighted by atomic mass is 10.0. The molecular weight excluding hydrogens is 489 g/mol. The van der Waals surface area contributed by atoms with E-state index in [1.54, 1.807) is 41.2 Å². The summed E-state index contributed by atoms with van der Waals surface area (Å²) in [5, 5.41) is 17.3. The number of carbonyl (C=O) groups is 1. The average Bonchev–Trinajstić information content (AvgIpc) is 3.22. The largest absolute Gasteiger partial charge is 0.331 e. The molecule has 0 spiro atoms. The van der Waals surface area contributed by atoms with Gasteiger partial charge in [0.15, 0.2) is 5.11 Å². The molecule has 1 amide bonds. The Morgan fingerprint density at radius 1 is 0.882 bits per heavy atom. The fourth-order valence-corrected chi connectivity index (χ4v) is 4.27. The van der Waals surface area contributed by atoms with Gasteiger partial charge in [-0.1, -0.05) is 65.2 Å². The summed E-state index contributed by atoms with van der Waals surface area (Å²) in [6.07, 6.45) is 0. The van der Waals surface area contributed by atoms with Gasteiger partial charge in [-0.25, -0.2) is 0 Å². The molecule has 0 saturated heterocycles. The van der Waals surface area contributed by atoms with Crippen LogP contribution in [0.1, 0.15) is 15.9 Å². The quantitative estimate of drug-likeness (QED) is 0.281. The minimum Gasteiger partial charge on any atom is -0.331 e. The normalized spacial score (nSPS) is 11.0. The van der Waals surface area contributed by atoms with Gasteiger partial charge in [0.1, 0.15) is 11.0 Å². The molecule has 0 bridgehead atoms. The molecular formula is C25H17Cl2N5OS. The number of anilines is 1. The number of halogens is 2. The minimum absolute atomic E-state index is 0.108. The molecule has 0 aliphatic carbocycles. The van der Waals surface area contributed by atoms with Crippen molar-refractivity contribution in [2.75, 3.05) is 5.32 Å². The third-order valence-electron chi connectivity index (χ3n) is 5.32. The molecule has 0 radical (unpaired) electrons. The first-order valence-corrected chi connectivity index (χ1v) is 11.5. The summed E-state index contributed by atoms with van der Waals surface area (Å²) >= 11 is 18.1. The van der Waals surface area contributed by atoms with Gasteiger partial charge >= 0.3 is 0 Å². The molecule has 0 fully saturated rings. The van der Waals surface area contributed by atoms with Gasteiger partial charge in [0, 0.05) is 16.0 Å². The fraction of sp³-hybridized carbons (Fsp3) is 0.0400. The topological polar surface area (TPSA) is 71.8 Å². The summed E-state index contributed by atoms with van der Waals surface area (Å²) in [6, 6.07) is 22.1. The molecule has 1 aromatic heterocycles. The molecule has 1 heterocycles. The Morgan fingerprint density at radius 2 is 1.56 bits per heavy atom. The molecule has 4 aromatic carbocycles. The molecule has 0 unspecified atom stereocenters. The van der Waals surface area contributed by atoms with Crippen LogP contribution in [-0.2, 0) is 0 Å². The Bertz CT molecular complexity index is 1580. The van der Waals surface area contributed by atoms with Crippen LogP contribution in [-0.4, -0.2) is 26.0 Å². The summed E-state index contributed by atoms with van der Waals surface area (Å²) in [6.45, 7) is 2.02.